The number of hydrogen-bond acceptors (Lipinski definition) is 8. The van der Waals surface area contributed by atoms with Crippen LogP contribution in [0.25, 0.3) is 39.0 Å². The molecule has 0 saturated carbocycles. The SMILES string of the molecule is C=Cc1c(-c2cccc3cccc(Cl)c23)cnc2c(N3CCN(C(=O)C(=C)F)C(CC#N)C3)nc(OCC3CCCN3C)nc12. The van der Waals surface area contributed by atoms with Crippen LogP contribution in [-0.4, -0.2) is 82.6 Å². The van der Waals surface area contributed by atoms with Gasteiger partial charge < -0.3 is 19.4 Å². The molecular weight excluding hydrogens is 593 g/mol. The van der Waals surface area contributed by atoms with Crippen LogP contribution in [0.3, 0.4) is 0 Å². The number of likely N-dealkylation sites (N-methyl/N-ethyl adjacent to an activating group) is 1. The lowest BCUT2D eigenvalue weighted by Crippen LogP contribution is -2.55. The van der Waals surface area contributed by atoms with E-state index in [9.17, 15) is 14.4 Å². The molecule has 11 heteroatoms. The van der Waals surface area contributed by atoms with E-state index in [1.807, 2.05) is 41.3 Å². The van der Waals surface area contributed by atoms with Crippen LogP contribution >= 0.6 is 11.6 Å². The summed E-state index contributed by atoms with van der Waals surface area (Å²) in [6, 6.07) is 13.8. The average molecular weight is 626 g/mol. The molecule has 4 heterocycles. The molecule has 2 fully saturated rings. The third-order valence-electron chi connectivity index (χ3n) is 8.74. The lowest BCUT2D eigenvalue weighted by atomic mass is 9.95. The fourth-order valence-corrected chi connectivity index (χ4v) is 6.68. The van der Waals surface area contributed by atoms with Gasteiger partial charge in [-0.25, -0.2) is 9.37 Å². The first kappa shape index (κ1) is 30.4. The summed E-state index contributed by atoms with van der Waals surface area (Å²) in [4.78, 5) is 32.7. The van der Waals surface area contributed by atoms with E-state index >= 15 is 0 Å². The van der Waals surface area contributed by atoms with Crippen molar-refractivity contribution < 1.29 is 13.9 Å². The highest BCUT2D eigenvalue weighted by Gasteiger charge is 2.34. The topological polar surface area (TPSA) is 98.5 Å². The minimum absolute atomic E-state index is 0.0211. The van der Waals surface area contributed by atoms with E-state index in [2.05, 4.69) is 31.2 Å². The van der Waals surface area contributed by atoms with Crippen molar-refractivity contribution in [2.24, 2.45) is 0 Å². The highest BCUT2D eigenvalue weighted by Crippen LogP contribution is 2.39. The van der Waals surface area contributed by atoms with Crippen molar-refractivity contribution in [3.05, 3.63) is 72.2 Å². The lowest BCUT2D eigenvalue weighted by Gasteiger charge is -2.41. The number of anilines is 1. The Hall–Kier alpha value is -4.59. The number of nitriles is 1. The highest BCUT2D eigenvalue weighted by molar-refractivity contribution is 6.36. The first-order valence-electron chi connectivity index (χ1n) is 14.9. The van der Waals surface area contributed by atoms with Gasteiger partial charge in [-0.2, -0.15) is 15.2 Å². The predicted octanol–water partition coefficient (Wildman–Crippen LogP) is 6.03. The Bertz CT molecular complexity index is 1850. The highest BCUT2D eigenvalue weighted by atomic mass is 35.5. The number of halogens is 2. The maximum absolute atomic E-state index is 13.8. The minimum Gasteiger partial charge on any atom is -0.462 e. The summed E-state index contributed by atoms with van der Waals surface area (Å²) < 4.78 is 20.1. The number of likely N-dealkylation sites (tertiary alicyclic amines) is 1. The number of aromatic nitrogens is 3. The molecule has 0 N–H and O–H groups in total. The largest absolute Gasteiger partial charge is 0.462 e. The number of carbonyl (C=O) groups excluding carboxylic acids is 1. The number of carbonyl (C=O) groups is 1. The maximum atomic E-state index is 13.8. The Morgan fingerprint density at radius 3 is 2.67 bits per heavy atom. The van der Waals surface area contributed by atoms with Crippen molar-refractivity contribution in [3.8, 4) is 23.2 Å². The van der Waals surface area contributed by atoms with Crippen LogP contribution in [0.1, 0.15) is 24.8 Å². The van der Waals surface area contributed by atoms with Gasteiger partial charge in [0.05, 0.1) is 18.5 Å². The van der Waals surface area contributed by atoms with Crippen molar-refractivity contribution in [3.63, 3.8) is 0 Å². The molecule has 230 valence electrons. The monoisotopic (exact) mass is 625 g/mol. The van der Waals surface area contributed by atoms with Gasteiger partial charge in [-0.3, -0.25) is 4.79 Å². The van der Waals surface area contributed by atoms with Crippen molar-refractivity contribution in [2.75, 3.05) is 44.7 Å². The van der Waals surface area contributed by atoms with Gasteiger partial charge in [0.2, 0.25) is 0 Å². The second-order valence-corrected chi connectivity index (χ2v) is 11.8. The Morgan fingerprint density at radius 2 is 1.96 bits per heavy atom. The molecule has 2 aromatic heterocycles. The van der Waals surface area contributed by atoms with Crippen LogP contribution in [-0.2, 0) is 4.79 Å². The Labute approximate surface area is 266 Å². The zero-order valence-electron chi connectivity index (χ0n) is 25.0. The van der Waals surface area contributed by atoms with E-state index in [0.717, 1.165) is 46.8 Å². The Kier molecular flexibility index (Phi) is 8.65. The van der Waals surface area contributed by atoms with E-state index < -0.39 is 17.8 Å². The summed E-state index contributed by atoms with van der Waals surface area (Å²) in [7, 11) is 2.08. The standard InChI is InChI=1S/C34H33ClFN7O2/c1-4-25-27(26-11-5-8-22-9-6-12-28(35)29(22)26)18-38-31-30(25)39-34(45-20-24-10-7-15-41(24)3)40-32(31)42-16-17-43(33(44)21(2)36)23(19-42)13-14-37/h4-6,8-9,11-12,18,23-24H,1-2,7,10,13,15-17,19-20H2,3H3. The number of fused-ring (bicyclic) bond motifs is 2. The lowest BCUT2D eigenvalue weighted by molar-refractivity contribution is -0.131. The van der Waals surface area contributed by atoms with Crippen molar-refractivity contribution in [1.29, 1.82) is 5.26 Å². The fourth-order valence-electron chi connectivity index (χ4n) is 6.39. The van der Waals surface area contributed by atoms with Gasteiger partial charge in [-0.1, -0.05) is 61.2 Å². The zero-order valence-corrected chi connectivity index (χ0v) is 25.8. The molecule has 45 heavy (non-hydrogen) atoms. The average Bonchev–Trinajstić information content (AvgIpc) is 3.46. The molecule has 1 amide bonds. The summed E-state index contributed by atoms with van der Waals surface area (Å²) in [5.41, 5.74) is 3.52. The summed E-state index contributed by atoms with van der Waals surface area (Å²) >= 11 is 6.70. The summed E-state index contributed by atoms with van der Waals surface area (Å²) in [5, 5.41) is 12.0. The minimum atomic E-state index is -1.05. The van der Waals surface area contributed by atoms with Crippen LogP contribution in [0.4, 0.5) is 10.2 Å². The molecule has 2 aliphatic heterocycles. The molecule has 9 nitrogen and oxygen atoms in total. The second kappa shape index (κ2) is 12.8. The van der Waals surface area contributed by atoms with E-state index in [1.54, 1.807) is 12.3 Å². The third-order valence-corrected chi connectivity index (χ3v) is 9.05. The summed E-state index contributed by atoms with van der Waals surface area (Å²) in [6.07, 6.45) is 5.67. The molecule has 2 saturated heterocycles. The number of benzene rings is 2. The first-order valence-corrected chi connectivity index (χ1v) is 15.3. The normalized spacial score (nSPS) is 18.7. The van der Waals surface area contributed by atoms with E-state index in [-0.39, 0.29) is 31.6 Å². The van der Waals surface area contributed by atoms with Crippen LogP contribution in [0, 0.1) is 11.3 Å². The van der Waals surface area contributed by atoms with Crippen molar-refractivity contribution >= 4 is 51.2 Å². The van der Waals surface area contributed by atoms with E-state index in [4.69, 9.17) is 31.3 Å². The molecule has 2 atom stereocenters. The smallest absolute Gasteiger partial charge is 0.319 e. The molecule has 4 aromatic rings. The molecule has 2 unspecified atom stereocenters. The zero-order chi connectivity index (χ0) is 31.7. The van der Waals surface area contributed by atoms with Crippen LogP contribution in [0.2, 0.25) is 5.02 Å². The number of pyridine rings is 1. The van der Waals surface area contributed by atoms with Gasteiger partial charge in [0.1, 0.15) is 17.6 Å². The van der Waals surface area contributed by atoms with E-state index in [0.29, 0.717) is 35.0 Å². The number of ether oxygens (including phenoxy) is 1. The van der Waals surface area contributed by atoms with Crippen LogP contribution in [0.15, 0.2) is 61.6 Å². The summed E-state index contributed by atoms with van der Waals surface area (Å²) in [6.45, 7) is 9.50. The van der Waals surface area contributed by atoms with Crippen LogP contribution < -0.4 is 9.64 Å². The summed E-state index contributed by atoms with van der Waals surface area (Å²) in [5.74, 6) is -1.35. The van der Waals surface area contributed by atoms with Crippen LogP contribution in [0.5, 0.6) is 6.01 Å². The molecule has 0 spiro atoms. The van der Waals surface area contributed by atoms with Gasteiger partial charge in [-0.15, -0.1) is 0 Å². The van der Waals surface area contributed by atoms with E-state index in [1.165, 1.54) is 4.90 Å². The van der Waals surface area contributed by atoms with Crippen molar-refractivity contribution in [2.45, 2.75) is 31.3 Å². The number of nitrogens with zero attached hydrogens (tertiary/aromatic N) is 7. The number of piperazine rings is 1. The first-order chi connectivity index (χ1) is 21.8. The number of hydrogen-bond donors (Lipinski definition) is 0. The Balaban J connectivity index is 1.48. The van der Waals surface area contributed by atoms with Gasteiger partial charge in [0.15, 0.2) is 11.6 Å². The predicted molar refractivity (Wildman–Crippen MR) is 175 cm³/mol. The molecule has 2 aromatic carbocycles. The van der Waals surface area contributed by atoms with Gasteiger partial charge in [0, 0.05) is 53.4 Å². The number of amides is 1. The van der Waals surface area contributed by atoms with Gasteiger partial charge in [-0.05, 0) is 43.5 Å². The van der Waals surface area contributed by atoms with Gasteiger partial charge in [0.25, 0.3) is 5.91 Å². The molecule has 6 rings (SSSR count). The maximum Gasteiger partial charge on any atom is 0.319 e. The third kappa shape index (κ3) is 5.81. The Morgan fingerprint density at radius 1 is 1.16 bits per heavy atom. The molecule has 0 aliphatic carbocycles. The quantitative estimate of drug-likeness (QED) is 0.219. The second-order valence-electron chi connectivity index (χ2n) is 11.4. The molecule has 2 aliphatic rings. The van der Waals surface area contributed by atoms with Crippen molar-refractivity contribution in [1.82, 2.24) is 24.8 Å². The van der Waals surface area contributed by atoms with Gasteiger partial charge >= 0.3 is 6.01 Å². The molecule has 0 radical (unpaired) electrons. The molecular formula is C34H33ClFN7O2. The number of rotatable bonds is 8. The fraction of sp³-hybridized carbons (Fsp3) is 0.324. The molecule has 0 bridgehead atoms.